The van der Waals surface area contributed by atoms with Gasteiger partial charge in [-0.25, -0.2) is 4.79 Å². The van der Waals surface area contributed by atoms with E-state index in [9.17, 15) is 9.59 Å². The molecule has 4 N–H and O–H groups in total. The van der Waals surface area contributed by atoms with Gasteiger partial charge in [-0.2, -0.15) is 24.4 Å². The first-order valence-electron chi connectivity index (χ1n) is 9.67. The molecule has 0 aliphatic carbocycles. The summed E-state index contributed by atoms with van der Waals surface area (Å²) >= 11 is 5.82. The average molecular weight is 521 g/mol. The number of carbonyl (C=O) groups excluding carboxylic acids is 2. The Kier molecular flexibility index (Phi) is 15.3. The number of thioether (sulfide) groups is 1. The van der Waals surface area contributed by atoms with Crippen molar-refractivity contribution in [2.45, 2.75) is 18.5 Å². The van der Waals surface area contributed by atoms with Crippen LogP contribution in [0.2, 0.25) is 0 Å². The number of nitrogens with two attached hydrogens (primary N) is 1. The molecular weight excluding hydrogens is 489 g/mol. The van der Waals surface area contributed by atoms with Gasteiger partial charge in [-0.15, -0.1) is 24.8 Å². The number of hydrogen-bond donors (Lipinski definition) is 4. The molecule has 0 aliphatic rings. The van der Waals surface area contributed by atoms with Gasteiger partial charge in [0.1, 0.15) is 6.04 Å². The van der Waals surface area contributed by atoms with E-state index >= 15 is 0 Å². The zero-order chi connectivity index (χ0) is 21.9. The van der Waals surface area contributed by atoms with Crippen LogP contribution in [0, 0.1) is 0 Å². The first-order valence-corrected chi connectivity index (χ1v) is 11.7. The SMILES string of the molecule is COC(=O)[C@H](CCSC)NC(=O)c1ccc(NC[C@@H](N)CS)cc1-c1ccccc1.Cl.Cl. The standard InChI is InChI=1S/C22H29N3O3S2.2ClH/c1-28-22(27)20(10-11-30-2)25-21(26)18-9-8-17(24-13-16(23)14-29)12-19(18)15-6-4-3-5-7-15;;/h3-9,12,16,20,24,29H,10-11,13-14,23H2,1-2H3,(H,25,26);2*1H/t16-,20+;;/m1../s1. The highest BCUT2D eigenvalue weighted by Gasteiger charge is 2.23. The Hall–Kier alpha value is -1.58. The summed E-state index contributed by atoms with van der Waals surface area (Å²) in [6, 6.07) is 14.4. The summed E-state index contributed by atoms with van der Waals surface area (Å²) in [5.74, 6) is 0.547. The first-order chi connectivity index (χ1) is 14.5. The lowest BCUT2D eigenvalue weighted by molar-refractivity contribution is -0.142. The molecule has 0 radical (unpaired) electrons. The van der Waals surface area contributed by atoms with Crippen molar-refractivity contribution >= 4 is 66.8 Å². The molecule has 2 aromatic carbocycles. The molecule has 0 spiro atoms. The van der Waals surface area contributed by atoms with Gasteiger partial charge in [0.25, 0.3) is 5.91 Å². The molecule has 1 amide bonds. The third kappa shape index (κ3) is 9.11. The molecule has 0 fully saturated rings. The number of rotatable bonds is 11. The van der Waals surface area contributed by atoms with E-state index in [0.29, 0.717) is 24.3 Å². The fourth-order valence-electron chi connectivity index (χ4n) is 2.89. The van der Waals surface area contributed by atoms with Crippen LogP contribution in [-0.4, -0.2) is 55.4 Å². The van der Waals surface area contributed by atoms with Gasteiger partial charge < -0.3 is 21.1 Å². The maximum Gasteiger partial charge on any atom is 0.328 e. The van der Waals surface area contributed by atoms with Crippen LogP contribution in [0.15, 0.2) is 48.5 Å². The summed E-state index contributed by atoms with van der Waals surface area (Å²) < 4.78 is 4.85. The molecular formula is C22H31Cl2N3O3S2. The summed E-state index contributed by atoms with van der Waals surface area (Å²) in [6.07, 6.45) is 2.45. The Labute approximate surface area is 212 Å². The number of carbonyl (C=O) groups is 2. The quantitative estimate of drug-likeness (QED) is 0.265. The van der Waals surface area contributed by atoms with Gasteiger partial charge in [-0.1, -0.05) is 30.3 Å². The maximum absolute atomic E-state index is 13.1. The zero-order valence-electron chi connectivity index (χ0n) is 18.1. The normalized spacial score (nSPS) is 11.9. The van der Waals surface area contributed by atoms with Crippen LogP contribution in [0.1, 0.15) is 16.8 Å². The lowest BCUT2D eigenvalue weighted by Crippen LogP contribution is -2.42. The van der Waals surface area contributed by atoms with Crippen molar-refractivity contribution < 1.29 is 14.3 Å². The van der Waals surface area contributed by atoms with Crippen molar-refractivity contribution in [3.63, 3.8) is 0 Å². The lowest BCUT2D eigenvalue weighted by atomic mass is 9.98. The van der Waals surface area contributed by atoms with Crippen LogP contribution >= 0.6 is 49.2 Å². The number of halogens is 2. The van der Waals surface area contributed by atoms with Crippen LogP contribution in [0.3, 0.4) is 0 Å². The van der Waals surface area contributed by atoms with Gasteiger partial charge in [0, 0.05) is 29.6 Å². The summed E-state index contributed by atoms with van der Waals surface area (Å²) in [6.45, 7) is 0.572. The van der Waals surface area contributed by atoms with E-state index in [1.165, 1.54) is 7.11 Å². The van der Waals surface area contributed by atoms with Crippen LogP contribution in [0.25, 0.3) is 11.1 Å². The zero-order valence-corrected chi connectivity index (χ0v) is 21.4. The number of anilines is 1. The van der Waals surface area contributed by atoms with Gasteiger partial charge in [0.05, 0.1) is 7.11 Å². The van der Waals surface area contributed by atoms with Crippen LogP contribution < -0.4 is 16.4 Å². The van der Waals surface area contributed by atoms with Gasteiger partial charge in [-0.3, -0.25) is 4.79 Å². The number of esters is 1. The second-order valence-corrected chi connectivity index (χ2v) is 8.13. The number of amides is 1. The van der Waals surface area contributed by atoms with Crippen molar-refractivity contribution in [1.29, 1.82) is 0 Å². The Morgan fingerprint density at radius 2 is 1.84 bits per heavy atom. The minimum atomic E-state index is -0.690. The number of benzene rings is 2. The smallest absolute Gasteiger partial charge is 0.328 e. The number of nitrogens with one attached hydrogen (secondary N) is 2. The molecule has 2 rings (SSSR count). The molecule has 0 aliphatic heterocycles. The van der Waals surface area contributed by atoms with Crippen LogP contribution in [0.4, 0.5) is 5.69 Å². The Bertz CT molecular complexity index is 844. The highest BCUT2D eigenvalue weighted by Crippen LogP contribution is 2.27. The highest BCUT2D eigenvalue weighted by atomic mass is 35.5. The minimum Gasteiger partial charge on any atom is -0.467 e. The molecule has 2 atom stereocenters. The molecule has 178 valence electrons. The molecule has 0 aromatic heterocycles. The van der Waals surface area contributed by atoms with Crippen molar-refractivity contribution in [2.75, 3.05) is 36.7 Å². The van der Waals surface area contributed by atoms with E-state index in [1.807, 2.05) is 48.7 Å². The number of thiol groups is 1. The Morgan fingerprint density at radius 3 is 2.44 bits per heavy atom. The fourth-order valence-corrected chi connectivity index (χ4v) is 3.49. The highest BCUT2D eigenvalue weighted by molar-refractivity contribution is 7.98. The van der Waals surface area contributed by atoms with Gasteiger partial charge in [0.15, 0.2) is 0 Å². The molecule has 0 saturated heterocycles. The predicted molar refractivity (Wildman–Crippen MR) is 143 cm³/mol. The number of ether oxygens (including phenoxy) is 1. The topological polar surface area (TPSA) is 93.4 Å². The fraction of sp³-hybridized carbons (Fsp3) is 0.364. The van der Waals surface area contributed by atoms with Gasteiger partial charge in [0.2, 0.25) is 0 Å². The Balaban J connectivity index is 0.00000480. The number of methoxy groups -OCH3 is 1. The van der Waals surface area contributed by atoms with E-state index in [1.54, 1.807) is 17.8 Å². The molecule has 10 heteroatoms. The van der Waals surface area contributed by atoms with E-state index in [0.717, 1.165) is 22.6 Å². The van der Waals surface area contributed by atoms with Crippen LogP contribution in [-0.2, 0) is 9.53 Å². The van der Waals surface area contributed by atoms with Crippen molar-refractivity contribution in [2.24, 2.45) is 5.73 Å². The third-order valence-electron chi connectivity index (χ3n) is 4.55. The van der Waals surface area contributed by atoms with E-state index < -0.39 is 12.0 Å². The lowest BCUT2D eigenvalue weighted by Gasteiger charge is -2.19. The van der Waals surface area contributed by atoms with Crippen molar-refractivity contribution in [3.8, 4) is 11.1 Å². The molecule has 6 nitrogen and oxygen atoms in total. The van der Waals surface area contributed by atoms with E-state index in [-0.39, 0.29) is 36.8 Å². The van der Waals surface area contributed by atoms with Gasteiger partial charge >= 0.3 is 5.97 Å². The molecule has 0 unspecified atom stereocenters. The predicted octanol–water partition coefficient (Wildman–Crippen LogP) is 3.89. The first kappa shape index (κ1) is 30.4. The van der Waals surface area contributed by atoms with Crippen molar-refractivity contribution in [1.82, 2.24) is 5.32 Å². The summed E-state index contributed by atoms with van der Waals surface area (Å²) in [7, 11) is 1.33. The van der Waals surface area contributed by atoms with Crippen molar-refractivity contribution in [3.05, 3.63) is 54.1 Å². The Morgan fingerprint density at radius 1 is 1.16 bits per heavy atom. The van der Waals surface area contributed by atoms with E-state index in [4.69, 9.17) is 10.5 Å². The summed E-state index contributed by atoms with van der Waals surface area (Å²) in [5, 5.41) is 6.12. The van der Waals surface area contributed by atoms with Crippen LogP contribution in [0.5, 0.6) is 0 Å². The largest absolute Gasteiger partial charge is 0.467 e. The minimum absolute atomic E-state index is 0. The second kappa shape index (κ2) is 16.1. The summed E-state index contributed by atoms with van der Waals surface area (Å²) in [4.78, 5) is 25.2. The maximum atomic E-state index is 13.1. The second-order valence-electron chi connectivity index (χ2n) is 6.78. The third-order valence-corrected chi connectivity index (χ3v) is 5.67. The molecule has 32 heavy (non-hydrogen) atoms. The molecule has 2 aromatic rings. The van der Waals surface area contributed by atoms with Gasteiger partial charge in [-0.05, 0) is 47.8 Å². The molecule has 0 heterocycles. The average Bonchev–Trinajstić information content (AvgIpc) is 2.79. The molecule has 0 saturated carbocycles. The monoisotopic (exact) mass is 519 g/mol. The summed E-state index contributed by atoms with van der Waals surface area (Å²) in [5.41, 5.74) is 8.96. The van der Waals surface area contributed by atoms with E-state index in [2.05, 4.69) is 23.3 Å². The molecule has 0 bridgehead atoms. The number of hydrogen-bond acceptors (Lipinski definition) is 7.